The Morgan fingerprint density at radius 1 is 0.828 bits per heavy atom. The fourth-order valence-corrected chi connectivity index (χ4v) is 3.70. The predicted molar refractivity (Wildman–Crippen MR) is 110 cm³/mol. The third kappa shape index (κ3) is 4.12. The first-order chi connectivity index (χ1) is 14.1. The first-order valence-electron chi connectivity index (χ1n) is 9.80. The van der Waals surface area contributed by atoms with Crippen LogP contribution in [0, 0.1) is 0 Å². The van der Waals surface area contributed by atoms with Crippen LogP contribution in [0.2, 0.25) is 0 Å². The molecule has 6 heteroatoms. The van der Waals surface area contributed by atoms with E-state index in [1.165, 1.54) is 5.56 Å². The summed E-state index contributed by atoms with van der Waals surface area (Å²) in [6.45, 7) is 3.37. The van der Waals surface area contributed by atoms with Crippen molar-refractivity contribution in [3.8, 4) is 0 Å². The van der Waals surface area contributed by atoms with Gasteiger partial charge >= 0.3 is 0 Å². The highest BCUT2D eigenvalue weighted by Crippen LogP contribution is 2.22. The van der Waals surface area contributed by atoms with Gasteiger partial charge in [-0.2, -0.15) is 0 Å². The van der Waals surface area contributed by atoms with Gasteiger partial charge in [0.2, 0.25) is 5.91 Å². The number of carbonyl (C=O) groups excluding carboxylic acids is 3. The minimum atomic E-state index is -0.386. The molecule has 1 fully saturated rings. The lowest BCUT2D eigenvalue weighted by Crippen LogP contribution is -2.51. The summed E-state index contributed by atoms with van der Waals surface area (Å²) in [6.07, 6.45) is 4.23. The van der Waals surface area contributed by atoms with Crippen LogP contribution in [0.15, 0.2) is 60.7 Å². The molecule has 29 heavy (non-hydrogen) atoms. The summed E-state index contributed by atoms with van der Waals surface area (Å²) < 4.78 is 0. The van der Waals surface area contributed by atoms with Crippen LogP contribution in [0.3, 0.4) is 0 Å². The van der Waals surface area contributed by atoms with Crippen molar-refractivity contribution in [2.75, 3.05) is 39.3 Å². The van der Waals surface area contributed by atoms with E-state index in [4.69, 9.17) is 0 Å². The quantitative estimate of drug-likeness (QED) is 0.735. The summed E-state index contributed by atoms with van der Waals surface area (Å²) in [7, 11) is 0. The number of hydrogen-bond acceptors (Lipinski definition) is 4. The largest absolute Gasteiger partial charge is 0.339 e. The van der Waals surface area contributed by atoms with Crippen LogP contribution in [0.4, 0.5) is 0 Å². The first kappa shape index (κ1) is 19.1. The smallest absolute Gasteiger partial charge is 0.262 e. The van der Waals surface area contributed by atoms with Gasteiger partial charge in [0.05, 0.1) is 11.1 Å². The Kier molecular flexibility index (Phi) is 5.53. The molecule has 0 spiro atoms. The molecule has 0 aliphatic carbocycles. The predicted octanol–water partition coefficient (Wildman–Crippen LogP) is 2.14. The molecule has 0 unspecified atom stereocenters. The Hall–Kier alpha value is -3.25. The van der Waals surface area contributed by atoms with E-state index >= 15 is 0 Å². The Labute approximate surface area is 170 Å². The van der Waals surface area contributed by atoms with E-state index in [-0.39, 0.29) is 24.3 Å². The molecule has 2 aliphatic rings. The second-order valence-corrected chi connectivity index (χ2v) is 7.24. The standard InChI is InChI=1S/C23H23N3O3/c27-21(17-26-22(28)19-10-4-5-11-20(19)23(26)29)25-15-13-24(14-16-25)12-6-9-18-7-2-1-3-8-18/h1-11H,12-17H2. The van der Waals surface area contributed by atoms with Crippen LogP contribution in [0.5, 0.6) is 0 Å². The van der Waals surface area contributed by atoms with Gasteiger partial charge in [0.1, 0.15) is 6.54 Å². The van der Waals surface area contributed by atoms with Crippen LogP contribution >= 0.6 is 0 Å². The molecule has 0 N–H and O–H groups in total. The Bertz CT molecular complexity index is 912. The van der Waals surface area contributed by atoms with Gasteiger partial charge in [0, 0.05) is 32.7 Å². The molecule has 0 aromatic heterocycles. The second-order valence-electron chi connectivity index (χ2n) is 7.24. The van der Waals surface area contributed by atoms with Crippen molar-refractivity contribution in [2.45, 2.75) is 0 Å². The molecular formula is C23H23N3O3. The summed E-state index contributed by atoms with van der Waals surface area (Å²) in [5, 5.41) is 0. The third-order valence-corrected chi connectivity index (χ3v) is 5.37. The van der Waals surface area contributed by atoms with Crippen molar-refractivity contribution >= 4 is 23.8 Å². The lowest BCUT2D eigenvalue weighted by atomic mass is 10.1. The zero-order chi connectivity index (χ0) is 20.2. The van der Waals surface area contributed by atoms with E-state index in [0.717, 1.165) is 24.5 Å². The summed E-state index contributed by atoms with van der Waals surface area (Å²) in [6, 6.07) is 16.8. The number of piperazine rings is 1. The molecule has 4 rings (SSSR count). The molecule has 2 aromatic rings. The van der Waals surface area contributed by atoms with Crippen molar-refractivity contribution in [1.29, 1.82) is 0 Å². The average Bonchev–Trinajstić information content (AvgIpc) is 3.00. The molecule has 0 radical (unpaired) electrons. The molecule has 2 aromatic carbocycles. The van der Waals surface area contributed by atoms with E-state index in [2.05, 4.69) is 29.2 Å². The molecule has 3 amide bonds. The number of fused-ring (bicyclic) bond motifs is 1. The molecule has 2 aliphatic heterocycles. The molecule has 0 atom stereocenters. The number of hydrogen-bond donors (Lipinski definition) is 0. The van der Waals surface area contributed by atoms with E-state index in [1.807, 2.05) is 18.2 Å². The Morgan fingerprint density at radius 3 is 2.03 bits per heavy atom. The highest BCUT2D eigenvalue weighted by molar-refractivity contribution is 6.22. The molecule has 0 saturated carbocycles. The number of rotatable bonds is 5. The van der Waals surface area contributed by atoms with Crippen molar-refractivity contribution in [1.82, 2.24) is 14.7 Å². The van der Waals surface area contributed by atoms with Gasteiger partial charge in [-0.05, 0) is 17.7 Å². The topological polar surface area (TPSA) is 60.9 Å². The van der Waals surface area contributed by atoms with Crippen LogP contribution in [-0.4, -0.2) is 71.7 Å². The monoisotopic (exact) mass is 389 g/mol. The van der Waals surface area contributed by atoms with Gasteiger partial charge in [-0.1, -0.05) is 54.6 Å². The van der Waals surface area contributed by atoms with Crippen LogP contribution in [-0.2, 0) is 4.79 Å². The molecule has 2 heterocycles. The molecule has 0 bridgehead atoms. The van der Waals surface area contributed by atoms with E-state index in [9.17, 15) is 14.4 Å². The van der Waals surface area contributed by atoms with Gasteiger partial charge < -0.3 is 4.90 Å². The van der Waals surface area contributed by atoms with Crippen LogP contribution < -0.4 is 0 Å². The SMILES string of the molecule is O=C(CN1C(=O)c2ccccc2C1=O)N1CCN(CC=Cc2ccccc2)CC1. The van der Waals surface area contributed by atoms with Crippen molar-refractivity contribution in [3.63, 3.8) is 0 Å². The Morgan fingerprint density at radius 2 is 1.41 bits per heavy atom. The molecule has 6 nitrogen and oxygen atoms in total. The number of benzene rings is 2. The van der Waals surface area contributed by atoms with Crippen LogP contribution in [0.1, 0.15) is 26.3 Å². The number of amides is 3. The number of imide groups is 1. The van der Waals surface area contributed by atoms with Crippen molar-refractivity contribution < 1.29 is 14.4 Å². The average molecular weight is 389 g/mol. The fourth-order valence-electron chi connectivity index (χ4n) is 3.70. The van der Waals surface area contributed by atoms with E-state index in [0.29, 0.717) is 24.2 Å². The molecule has 1 saturated heterocycles. The fraction of sp³-hybridized carbons (Fsp3) is 0.261. The maximum Gasteiger partial charge on any atom is 0.262 e. The van der Waals surface area contributed by atoms with Gasteiger partial charge in [0.25, 0.3) is 11.8 Å². The minimum absolute atomic E-state index is 0.181. The maximum absolute atomic E-state index is 12.6. The third-order valence-electron chi connectivity index (χ3n) is 5.37. The van der Waals surface area contributed by atoms with E-state index in [1.54, 1.807) is 29.2 Å². The van der Waals surface area contributed by atoms with Gasteiger partial charge in [-0.15, -0.1) is 0 Å². The normalized spacial score (nSPS) is 17.2. The van der Waals surface area contributed by atoms with Crippen molar-refractivity contribution in [2.24, 2.45) is 0 Å². The summed E-state index contributed by atoms with van der Waals surface area (Å²) in [4.78, 5) is 42.6. The lowest BCUT2D eigenvalue weighted by molar-refractivity contribution is -0.133. The lowest BCUT2D eigenvalue weighted by Gasteiger charge is -2.34. The maximum atomic E-state index is 12.6. The highest BCUT2D eigenvalue weighted by Gasteiger charge is 2.37. The van der Waals surface area contributed by atoms with Gasteiger partial charge in [0.15, 0.2) is 0 Å². The van der Waals surface area contributed by atoms with Gasteiger partial charge in [-0.3, -0.25) is 24.2 Å². The number of nitrogens with zero attached hydrogens (tertiary/aromatic N) is 3. The summed E-state index contributed by atoms with van der Waals surface area (Å²) >= 11 is 0. The molecule has 148 valence electrons. The zero-order valence-corrected chi connectivity index (χ0v) is 16.2. The minimum Gasteiger partial charge on any atom is -0.339 e. The first-order valence-corrected chi connectivity index (χ1v) is 9.80. The van der Waals surface area contributed by atoms with Crippen molar-refractivity contribution in [3.05, 3.63) is 77.4 Å². The summed E-state index contributed by atoms with van der Waals surface area (Å²) in [5.74, 6) is -0.953. The summed E-state index contributed by atoms with van der Waals surface area (Å²) in [5.41, 5.74) is 1.92. The Balaban J connectivity index is 1.27. The molecular weight excluding hydrogens is 366 g/mol. The highest BCUT2D eigenvalue weighted by atomic mass is 16.2. The second kappa shape index (κ2) is 8.41. The van der Waals surface area contributed by atoms with Crippen LogP contribution in [0.25, 0.3) is 6.08 Å². The van der Waals surface area contributed by atoms with Gasteiger partial charge in [-0.25, -0.2) is 0 Å². The number of carbonyl (C=O) groups is 3. The zero-order valence-electron chi connectivity index (χ0n) is 16.2. The van der Waals surface area contributed by atoms with E-state index < -0.39 is 0 Å².